The Morgan fingerprint density at radius 2 is 2.03 bits per heavy atom. The van der Waals surface area contributed by atoms with Gasteiger partial charge in [0, 0.05) is 35.4 Å². The average molecular weight is 439 g/mol. The van der Waals surface area contributed by atoms with Crippen molar-refractivity contribution in [3.8, 4) is 11.4 Å². The lowest BCUT2D eigenvalue weighted by Crippen LogP contribution is -2.36. The summed E-state index contributed by atoms with van der Waals surface area (Å²) in [5.74, 6) is -0.384. The number of aromatic amines is 1. The van der Waals surface area contributed by atoms with Gasteiger partial charge in [0.15, 0.2) is 5.82 Å². The van der Waals surface area contributed by atoms with Crippen molar-refractivity contribution >= 4 is 33.9 Å². The van der Waals surface area contributed by atoms with Crippen LogP contribution in [0.15, 0.2) is 30.7 Å². The smallest absolute Gasteiger partial charge is 0.305 e. The van der Waals surface area contributed by atoms with Crippen LogP contribution in [0.2, 0.25) is 0 Å². The molecule has 0 radical (unpaired) electrons. The van der Waals surface area contributed by atoms with Crippen LogP contribution in [-0.2, 0) is 4.79 Å². The number of nitrogens with zero attached hydrogens (tertiary/aromatic N) is 4. The number of anilines is 1. The van der Waals surface area contributed by atoms with Crippen LogP contribution in [0.5, 0.6) is 0 Å². The molecule has 0 saturated heterocycles. The van der Waals surface area contributed by atoms with E-state index >= 15 is 0 Å². The molecule has 32 heavy (non-hydrogen) atoms. The average Bonchev–Trinajstić information content (AvgIpc) is 3.30. The molecule has 4 aromatic heterocycles. The largest absolute Gasteiger partial charge is 0.481 e. The number of fused-ring (bicyclic) bond motifs is 2. The van der Waals surface area contributed by atoms with Crippen molar-refractivity contribution in [3.05, 3.63) is 36.5 Å². The quantitative estimate of drug-likeness (QED) is 0.391. The predicted octanol–water partition coefficient (Wildman–Crippen LogP) is 5.00. The summed E-state index contributed by atoms with van der Waals surface area (Å²) in [7, 11) is 0. The molecule has 0 fully saturated rings. The van der Waals surface area contributed by atoms with Gasteiger partial charge in [-0.1, -0.05) is 20.8 Å². The molecule has 3 N–H and O–H groups in total. The number of carboxylic acids is 1. The molecule has 9 heteroatoms. The Bertz CT molecular complexity index is 1300. The highest BCUT2D eigenvalue weighted by atomic mass is 19.1. The first-order valence-electron chi connectivity index (χ1n) is 10.5. The minimum atomic E-state index is -0.888. The maximum absolute atomic E-state index is 13.9. The van der Waals surface area contributed by atoms with E-state index in [9.17, 15) is 14.3 Å². The van der Waals surface area contributed by atoms with Crippen molar-refractivity contribution in [1.29, 1.82) is 0 Å². The second kappa shape index (κ2) is 7.89. The maximum atomic E-state index is 13.9. The number of aliphatic carboxylic acids is 1. The molecule has 4 heterocycles. The Morgan fingerprint density at radius 3 is 2.69 bits per heavy atom. The number of carbonyl (C=O) groups is 1. The van der Waals surface area contributed by atoms with Crippen LogP contribution < -0.4 is 5.32 Å². The van der Waals surface area contributed by atoms with Gasteiger partial charge in [-0.05, 0) is 31.4 Å². The highest BCUT2D eigenvalue weighted by Gasteiger charge is 2.29. The molecule has 0 amide bonds. The molecule has 168 valence electrons. The summed E-state index contributed by atoms with van der Waals surface area (Å²) in [5, 5.41) is 14.2. The standard InChI is InChI=1S/C23H27FN6O2/c1-12(2)30-7-6-14-20(27-17(9-18(31)32)23(3,4)5)28-21(29-22(14)30)16-11-26-19-15(16)8-13(24)10-25-19/h6-8,10-12,17H,9H2,1-5H3,(H,25,26)(H,31,32)(H,27,28,29)/t17-/m1/s1. The van der Waals surface area contributed by atoms with E-state index in [1.165, 1.54) is 6.07 Å². The van der Waals surface area contributed by atoms with Crippen molar-refractivity contribution < 1.29 is 14.3 Å². The van der Waals surface area contributed by atoms with Gasteiger partial charge in [0.2, 0.25) is 0 Å². The van der Waals surface area contributed by atoms with E-state index < -0.39 is 11.8 Å². The molecule has 1 atom stereocenters. The zero-order valence-electron chi connectivity index (χ0n) is 18.8. The van der Waals surface area contributed by atoms with Gasteiger partial charge in [-0.15, -0.1) is 0 Å². The van der Waals surface area contributed by atoms with Gasteiger partial charge in [0.05, 0.1) is 18.0 Å². The third-order valence-corrected chi connectivity index (χ3v) is 5.60. The molecule has 0 aliphatic heterocycles. The number of hydrogen-bond donors (Lipinski definition) is 3. The van der Waals surface area contributed by atoms with Crippen molar-refractivity contribution in [3.63, 3.8) is 0 Å². The van der Waals surface area contributed by atoms with E-state index in [1.807, 2.05) is 37.6 Å². The zero-order chi connectivity index (χ0) is 23.2. The first kappa shape index (κ1) is 21.7. The lowest BCUT2D eigenvalue weighted by Gasteiger charge is -2.31. The Morgan fingerprint density at radius 1 is 1.28 bits per heavy atom. The number of pyridine rings is 1. The van der Waals surface area contributed by atoms with E-state index in [0.29, 0.717) is 33.9 Å². The summed E-state index contributed by atoms with van der Waals surface area (Å²) in [6.45, 7) is 10.1. The molecule has 4 aromatic rings. The number of halogens is 1. The second-order valence-corrected chi connectivity index (χ2v) is 9.36. The lowest BCUT2D eigenvalue weighted by molar-refractivity contribution is -0.137. The summed E-state index contributed by atoms with van der Waals surface area (Å²) in [6, 6.07) is 3.12. The van der Waals surface area contributed by atoms with Gasteiger partial charge < -0.3 is 20.0 Å². The Labute approximate surface area is 184 Å². The van der Waals surface area contributed by atoms with Crippen LogP contribution >= 0.6 is 0 Å². The maximum Gasteiger partial charge on any atom is 0.305 e. The molecule has 0 saturated carbocycles. The summed E-state index contributed by atoms with van der Waals surface area (Å²) in [5.41, 5.74) is 1.55. The van der Waals surface area contributed by atoms with Crippen molar-refractivity contribution in [2.75, 3.05) is 5.32 Å². The predicted molar refractivity (Wildman–Crippen MR) is 122 cm³/mol. The molecule has 8 nitrogen and oxygen atoms in total. The third-order valence-electron chi connectivity index (χ3n) is 5.60. The van der Waals surface area contributed by atoms with Gasteiger partial charge in [-0.2, -0.15) is 0 Å². The molecule has 0 aromatic carbocycles. The number of carboxylic acid groups (broad SMARTS) is 1. The van der Waals surface area contributed by atoms with Crippen LogP contribution in [-0.4, -0.2) is 41.6 Å². The normalized spacial score (nSPS) is 13.2. The van der Waals surface area contributed by atoms with Crippen LogP contribution in [0.1, 0.15) is 47.1 Å². The van der Waals surface area contributed by atoms with Crippen molar-refractivity contribution in [1.82, 2.24) is 24.5 Å². The summed E-state index contributed by atoms with van der Waals surface area (Å²) < 4.78 is 15.9. The number of aromatic nitrogens is 5. The lowest BCUT2D eigenvalue weighted by atomic mass is 9.84. The minimum absolute atomic E-state index is 0.0581. The molecule has 0 aliphatic carbocycles. The summed E-state index contributed by atoms with van der Waals surface area (Å²) in [6.07, 6.45) is 4.75. The van der Waals surface area contributed by atoms with Gasteiger partial charge in [0.25, 0.3) is 0 Å². The first-order chi connectivity index (χ1) is 15.0. The molecule has 0 aliphatic rings. The molecular weight excluding hydrogens is 411 g/mol. The molecule has 0 unspecified atom stereocenters. The summed E-state index contributed by atoms with van der Waals surface area (Å²) >= 11 is 0. The zero-order valence-corrected chi connectivity index (χ0v) is 18.8. The first-order valence-corrected chi connectivity index (χ1v) is 10.5. The van der Waals surface area contributed by atoms with E-state index in [0.717, 1.165) is 11.6 Å². The molecular formula is C23H27FN6O2. The Balaban J connectivity index is 1.92. The van der Waals surface area contributed by atoms with Crippen LogP contribution in [0, 0.1) is 11.2 Å². The number of H-pyrrole nitrogens is 1. The highest BCUT2D eigenvalue weighted by Crippen LogP contribution is 2.33. The van der Waals surface area contributed by atoms with Crippen LogP contribution in [0.3, 0.4) is 0 Å². The molecule has 4 rings (SSSR count). The Hall–Kier alpha value is -3.49. The van der Waals surface area contributed by atoms with Gasteiger partial charge in [0.1, 0.15) is 22.9 Å². The van der Waals surface area contributed by atoms with Gasteiger partial charge in [-0.3, -0.25) is 4.79 Å². The fourth-order valence-corrected chi connectivity index (χ4v) is 3.76. The third kappa shape index (κ3) is 4.02. The highest BCUT2D eigenvalue weighted by molar-refractivity contribution is 5.95. The van der Waals surface area contributed by atoms with E-state index in [4.69, 9.17) is 9.97 Å². The minimum Gasteiger partial charge on any atom is -0.481 e. The van der Waals surface area contributed by atoms with Gasteiger partial charge >= 0.3 is 5.97 Å². The SMILES string of the molecule is CC(C)n1ccc2c(N[C@H](CC(=O)O)C(C)(C)C)nc(-c3c[nH]c4ncc(F)cc34)nc21. The van der Waals surface area contributed by atoms with E-state index in [1.54, 1.807) is 6.20 Å². The van der Waals surface area contributed by atoms with E-state index in [2.05, 4.69) is 29.1 Å². The van der Waals surface area contributed by atoms with Crippen LogP contribution in [0.25, 0.3) is 33.5 Å². The monoisotopic (exact) mass is 438 g/mol. The number of rotatable bonds is 6. The van der Waals surface area contributed by atoms with Crippen LogP contribution in [0.4, 0.5) is 10.2 Å². The van der Waals surface area contributed by atoms with Crippen molar-refractivity contribution in [2.24, 2.45) is 5.41 Å². The fraction of sp³-hybridized carbons (Fsp3) is 0.391. The topological polar surface area (TPSA) is 109 Å². The second-order valence-electron chi connectivity index (χ2n) is 9.36. The van der Waals surface area contributed by atoms with Gasteiger partial charge in [-0.25, -0.2) is 19.3 Å². The number of nitrogens with one attached hydrogen (secondary N) is 2. The molecule has 0 bridgehead atoms. The number of hydrogen-bond acceptors (Lipinski definition) is 5. The summed E-state index contributed by atoms with van der Waals surface area (Å²) in [4.78, 5) is 28.2. The van der Waals surface area contributed by atoms with Crippen molar-refractivity contribution in [2.45, 2.75) is 53.1 Å². The fourth-order valence-electron chi connectivity index (χ4n) is 3.76. The Kier molecular flexibility index (Phi) is 5.36. The molecule has 0 spiro atoms. The van der Waals surface area contributed by atoms with E-state index in [-0.39, 0.29) is 23.9 Å².